The molecular formula is C24H25FN2O4. The van der Waals surface area contributed by atoms with Gasteiger partial charge in [0.15, 0.2) is 5.78 Å². The zero-order valence-corrected chi connectivity index (χ0v) is 17.1. The molecule has 1 saturated heterocycles. The molecule has 1 amide bonds. The van der Waals surface area contributed by atoms with Crippen molar-refractivity contribution >= 4 is 17.8 Å². The van der Waals surface area contributed by atoms with Crippen molar-refractivity contribution < 1.29 is 23.9 Å². The second-order valence-electron chi connectivity index (χ2n) is 8.13. The van der Waals surface area contributed by atoms with E-state index in [-0.39, 0.29) is 11.6 Å². The third-order valence-electron chi connectivity index (χ3n) is 6.07. The summed E-state index contributed by atoms with van der Waals surface area (Å²) in [6.07, 6.45) is 5.19. The van der Waals surface area contributed by atoms with Crippen LogP contribution in [-0.2, 0) is 11.2 Å². The first-order valence-corrected chi connectivity index (χ1v) is 10.4. The topological polar surface area (TPSA) is 78.9 Å². The van der Waals surface area contributed by atoms with E-state index in [0.717, 1.165) is 38.0 Å². The van der Waals surface area contributed by atoms with Crippen LogP contribution in [0.15, 0.2) is 48.5 Å². The lowest BCUT2D eigenvalue weighted by molar-refractivity contribution is -0.124. The van der Waals surface area contributed by atoms with Gasteiger partial charge < -0.3 is 9.64 Å². The molecule has 4 rings (SSSR count). The number of carbonyl (C=O) groups is 2. The highest BCUT2D eigenvalue weighted by Crippen LogP contribution is 2.39. The predicted octanol–water partition coefficient (Wildman–Crippen LogP) is 3.39. The summed E-state index contributed by atoms with van der Waals surface area (Å²) in [7, 11) is 0. The number of hydroxylamine groups is 1. The Hall–Kier alpha value is -3.03. The number of nitrogens with one attached hydrogen (secondary N) is 1. The molecule has 1 fully saturated rings. The van der Waals surface area contributed by atoms with Crippen molar-refractivity contribution in [1.29, 1.82) is 0 Å². The van der Waals surface area contributed by atoms with Crippen LogP contribution in [0.2, 0.25) is 0 Å². The minimum atomic E-state index is -0.638. The fraction of sp³-hybridized carbons (Fsp3) is 0.333. The average molecular weight is 424 g/mol. The zero-order chi connectivity index (χ0) is 21.8. The molecule has 6 nitrogen and oxygen atoms in total. The quantitative estimate of drug-likeness (QED) is 0.437. The molecule has 31 heavy (non-hydrogen) atoms. The molecule has 2 aliphatic rings. The minimum absolute atomic E-state index is 0.0305. The summed E-state index contributed by atoms with van der Waals surface area (Å²) in [5.74, 6) is -0.205. The van der Waals surface area contributed by atoms with Crippen molar-refractivity contribution in [1.82, 2.24) is 10.4 Å². The summed E-state index contributed by atoms with van der Waals surface area (Å²) >= 11 is 0. The van der Waals surface area contributed by atoms with Crippen molar-refractivity contribution in [2.75, 3.05) is 19.6 Å². The Morgan fingerprint density at radius 3 is 2.74 bits per heavy atom. The minimum Gasteiger partial charge on any atom is -0.486 e. The molecule has 2 aromatic rings. The van der Waals surface area contributed by atoms with Gasteiger partial charge in [-0.25, -0.2) is 9.87 Å². The van der Waals surface area contributed by atoms with Crippen LogP contribution in [0.4, 0.5) is 4.39 Å². The van der Waals surface area contributed by atoms with Crippen LogP contribution >= 0.6 is 0 Å². The number of hydrogen-bond donors (Lipinski definition) is 2. The number of halogens is 1. The van der Waals surface area contributed by atoms with E-state index in [2.05, 4.69) is 4.90 Å². The fourth-order valence-electron chi connectivity index (χ4n) is 4.27. The van der Waals surface area contributed by atoms with Gasteiger partial charge >= 0.3 is 0 Å². The summed E-state index contributed by atoms with van der Waals surface area (Å²) < 4.78 is 20.1. The number of likely N-dealkylation sites (tertiary alicyclic amines) is 1. The molecule has 1 spiro atoms. The van der Waals surface area contributed by atoms with E-state index >= 15 is 0 Å². The van der Waals surface area contributed by atoms with E-state index in [1.807, 2.05) is 12.1 Å². The fourth-order valence-corrected chi connectivity index (χ4v) is 4.27. The van der Waals surface area contributed by atoms with Crippen LogP contribution in [0.25, 0.3) is 6.08 Å². The Kier molecular flexibility index (Phi) is 6.15. The first-order valence-electron chi connectivity index (χ1n) is 10.4. The molecule has 0 aromatic heterocycles. The van der Waals surface area contributed by atoms with E-state index in [0.29, 0.717) is 29.7 Å². The molecule has 0 bridgehead atoms. The summed E-state index contributed by atoms with van der Waals surface area (Å²) in [4.78, 5) is 26.3. The standard InChI is InChI=1S/C24H25FN2O4/c25-20-4-2-1-3-18(20)9-12-27-13-10-24(11-14-27)16-21(28)19-15-17(5-7-22(19)31-24)6-8-23(29)26-30/h1-8,15,30H,9-14,16H2,(H,26,29). The van der Waals surface area contributed by atoms with Crippen LogP contribution in [0, 0.1) is 5.82 Å². The number of piperidine rings is 1. The lowest BCUT2D eigenvalue weighted by atomic mass is 9.82. The highest BCUT2D eigenvalue weighted by Gasteiger charge is 2.42. The first kappa shape index (κ1) is 21.2. The smallest absolute Gasteiger partial charge is 0.267 e. The van der Waals surface area contributed by atoms with Crippen molar-refractivity contribution in [3.63, 3.8) is 0 Å². The van der Waals surface area contributed by atoms with Crippen LogP contribution in [-0.4, -0.2) is 47.0 Å². The van der Waals surface area contributed by atoms with E-state index < -0.39 is 11.5 Å². The maximum atomic E-state index is 13.8. The lowest BCUT2D eigenvalue weighted by Gasteiger charge is -2.44. The number of hydrogen-bond acceptors (Lipinski definition) is 5. The molecular weight excluding hydrogens is 399 g/mol. The SMILES string of the molecule is O=C(C=Cc1ccc2c(c1)C(=O)CC1(CCN(CCc3ccccc3F)CC1)O2)NO. The monoisotopic (exact) mass is 424 g/mol. The molecule has 2 N–H and O–H groups in total. The number of fused-ring (bicyclic) bond motifs is 1. The van der Waals surface area contributed by atoms with E-state index in [1.165, 1.54) is 23.7 Å². The first-order chi connectivity index (χ1) is 15.0. The van der Waals surface area contributed by atoms with E-state index in [4.69, 9.17) is 9.94 Å². The van der Waals surface area contributed by atoms with Crippen molar-refractivity contribution in [2.24, 2.45) is 0 Å². The summed E-state index contributed by atoms with van der Waals surface area (Å²) in [6.45, 7) is 2.38. The molecule has 0 unspecified atom stereocenters. The molecule has 0 radical (unpaired) electrons. The Bertz CT molecular complexity index is 1010. The van der Waals surface area contributed by atoms with Gasteiger partial charge in [0.2, 0.25) is 0 Å². The largest absolute Gasteiger partial charge is 0.486 e. The molecule has 0 atom stereocenters. The van der Waals surface area contributed by atoms with Crippen molar-refractivity contribution in [2.45, 2.75) is 31.3 Å². The molecule has 2 aromatic carbocycles. The van der Waals surface area contributed by atoms with Crippen LogP contribution < -0.4 is 10.2 Å². The molecule has 7 heteroatoms. The second-order valence-corrected chi connectivity index (χ2v) is 8.13. The third kappa shape index (κ3) is 4.84. The Balaban J connectivity index is 1.38. The average Bonchev–Trinajstić information content (AvgIpc) is 2.78. The van der Waals surface area contributed by atoms with E-state index in [9.17, 15) is 14.0 Å². The number of carbonyl (C=O) groups excluding carboxylic acids is 2. The van der Waals surface area contributed by atoms with E-state index in [1.54, 1.807) is 24.3 Å². The molecule has 2 heterocycles. The Morgan fingerprint density at radius 2 is 2.00 bits per heavy atom. The summed E-state index contributed by atoms with van der Waals surface area (Å²) in [5, 5.41) is 8.57. The highest BCUT2D eigenvalue weighted by atomic mass is 19.1. The van der Waals surface area contributed by atoms with Gasteiger partial charge in [0.25, 0.3) is 5.91 Å². The molecule has 2 aliphatic heterocycles. The molecule has 162 valence electrons. The van der Waals surface area contributed by atoms with Gasteiger partial charge in [-0.2, -0.15) is 0 Å². The van der Waals surface area contributed by atoms with Gasteiger partial charge in [0.1, 0.15) is 17.2 Å². The Labute approximate surface area is 180 Å². The summed E-state index contributed by atoms with van der Waals surface area (Å²) in [5.41, 5.74) is 2.95. The summed E-state index contributed by atoms with van der Waals surface area (Å²) in [6, 6.07) is 12.1. The van der Waals surface area contributed by atoms with Crippen molar-refractivity contribution in [3.8, 4) is 5.75 Å². The third-order valence-corrected chi connectivity index (χ3v) is 6.07. The van der Waals surface area contributed by atoms with Crippen LogP contribution in [0.5, 0.6) is 5.75 Å². The maximum Gasteiger partial charge on any atom is 0.267 e. The van der Waals surface area contributed by atoms with Crippen LogP contribution in [0.1, 0.15) is 40.7 Å². The zero-order valence-electron chi connectivity index (χ0n) is 17.1. The predicted molar refractivity (Wildman–Crippen MR) is 113 cm³/mol. The number of ether oxygens (including phenoxy) is 1. The van der Waals surface area contributed by atoms with Gasteiger partial charge in [-0.15, -0.1) is 0 Å². The number of rotatable bonds is 5. The molecule has 0 saturated carbocycles. The van der Waals surface area contributed by atoms with Gasteiger partial charge in [-0.05, 0) is 41.8 Å². The van der Waals surface area contributed by atoms with Gasteiger partial charge in [0, 0.05) is 38.6 Å². The number of benzene rings is 2. The second kappa shape index (κ2) is 8.99. The van der Waals surface area contributed by atoms with Crippen molar-refractivity contribution in [3.05, 3.63) is 71.0 Å². The van der Waals surface area contributed by atoms with Crippen LogP contribution in [0.3, 0.4) is 0 Å². The number of amides is 1. The number of nitrogens with zero attached hydrogens (tertiary/aromatic N) is 1. The maximum absolute atomic E-state index is 13.8. The van der Waals surface area contributed by atoms with Gasteiger partial charge in [-0.1, -0.05) is 24.3 Å². The highest BCUT2D eigenvalue weighted by molar-refractivity contribution is 6.01. The lowest BCUT2D eigenvalue weighted by Crippen LogP contribution is -2.51. The van der Waals surface area contributed by atoms with Gasteiger partial charge in [-0.3, -0.25) is 14.8 Å². The van der Waals surface area contributed by atoms with Gasteiger partial charge in [0.05, 0.1) is 12.0 Å². The number of ketones is 1. The normalized spacial score (nSPS) is 18.1. The number of Topliss-reactive ketones (excluding diaryl/α,β-unsaturated/α-hetero) is 1. The Morgan fingerprint density at radius 1 is 1.23 bits per heavy atom. The molecule has 0 aliphatic carbocycles.